The molecule has 0 atom stereocenters. The van der Waals surface area contributed by atoms with Gasteiger partial charge in [-0.2, -0.15) is 0 Å². The van der Waals surface area contributed by atoms with Crippen LogP contribution in [0.2, 0.25) is 5.02 Å². The molecule has 60 valence electrons. The fourth-order valence-corrected chi connectivity index (χ4v) is 1.24. The lowest BCUT2D eigenvalue weighted by molar-refractivity contribution is 1.31. The number of nitrogens with zero attached hydrogens (tertiary/aromatic N) is 1. The van der Waals surface area contributed by atoms with Crippen molar-refractivity contribution < 1.29 is 0 Å². The van der Waals surface area contributed by atoms with E-state index < -0.39 is 0 Å². The number of aromatic amines is 1. The number of H-pyrrole nitrogens is 1. The van der Waals surface area contributed by atoms with Crippen molar-refractivity contribution in [2.45, 2.75) is 0 Å². The molecule has 0 spiro atoms. The molecular formula is C9H7ClN2. The quantitative estimate of drug-likeness (QED) is 0.715. The summed E-state index contributed by atoms with van der Waals surface area (Å²) in [5.41, 5.74) is 2.04. The number of pyridine rings is 1. The Labute approximate surface area is 75.2 Å². The summed E-state index contributed by atoms with van der Waals surface area (Å²) in [7, 11) is 0. The molecule has 3 heteroatoms. The highest BCUT2D eigenvalue weighted by Crippen LogP contribution is 2.18. The minimum atomic E-state index is 0.655. The molecule has 0 fully saturated rings. The number of hydrogen-bond acceptors (Lipinski definition) is 1. The number of rotatable bonds is 1. The normalized spacial score (nSPS) is 10.1. The van der Waals surface area contributed by atoms with Crippen molar-refractivity contribution in [3.05, 3.63) is 41.8 Å². The highest BCUT2D eigenvalue weighted by atomic mass is 35.5. The first-order valence-corrected chi connectivity index (χ1v) is 3.98. The van der Waals surface area contributed by atoms with Gasteiger partial charge in [0, 0.05) is 29.8 Å². The van der Waals surface area contributed by atoms with E-state index in [2.05, 4.69) is 9.97 Å². The zero-order chi connectivity index (χ0) is 8.39. The number of aromatic nitrogens is 2. The number of nitrogens with one attached hydrogen (secondary N) is 1. The summed E-state index contributed by atoms with van der Waals surface area (Å²) in [5, 5.41) is 0.655. The van der Waals surface area contributed by atoms with Crippen LogP contribution in [-0.2, 0) is 0 Å². The number of hydrogen-bond donors (Lipinski definition) is 1. The van der Waals surface area contributed by atoms with E-state index in [-0.39, 0.29) is 0 Å². The van der Waals surface area contributed by atoms with Gasteiger partial charge in [-0.05, 0) is 18.2 Å². The molecule has 0 aliphatic rings. The van der Waals surface area contributed by atoms with Crippen molar-refractivity contribution in [3.63, 3.8) is 0 Å². The standard InChI is InChI=1S/C9H7ClN2/c10-8-4-7(5-11-6-8)9-2-1-3-12-9/h1-6,12H. The van der Waals surface area contributed by atoms with Gasteiger partial charge in [-0.3, -0.25) is 4.98 Å². The van der Waals surface area contributed by atoms with Crippen molar-refractivity contribution in [1.29, 1.82) is 0 Å². The minimum absolute atomic E-state index is 0.655. The van der Waals surface area contributed by atoms with Gasteiger partial charge >= 0.3 is 0 Å². The molecule has 2 aromatic heterocycles. The maximum absolute atomic E-state index is 5.79. The Morgan fingerprint density at radius 1 is 1.33 bits per heavy atom. The Hall–Kier alpha value is -1.28. The van der Waals surface area contributed by atoms with Gasteiger partial charge in [-0.15, -0.1) is 0 Å². The highest BCUT2D eigenvalue weighted by molar-refractivity contribution is 6.30. The van der Waals surface area contributed by atoms with Crippen LogP contribution in [0, 0.1) is 0 Å². The highest BCUT2D eigenvalue weighted by Gasteiger charge is 1.97. The first-order chi connectivity index (χ1) is 5.86. The van der Waals surface area contributed by atoms with E-state index in [1.54, 1.807) is 12.4 Å². The molecule has 12 heavy (non-hydrogen) atoms. The lowest BCUT2D eigenvalue weighted by atomic mass is 10.2. The molecule has 1 N–H and O–H groups in total. The monoisotopic (exact) mass is 178 g/mol. The summed E-state index contributed by atoms with van der Waals surface area (Å²) in [6.07, 6.45) is 5.27. The molecule has 0 saturated heterocycles. The van der Waals surface area contributed by atoms with Gasteiger partial charge in [0.1, 0.15) is 0 Å². The molecule has 0 unspecified atom stereocenters. The summed E-state index contributed by atoms with van der Waals surface area (Å²) in [6, 6.07) is 5.80. The summed E-state index contributed by atoms with van der Waals surface area (Å²) < 4.78 is 0. The molecular weight excluding hydrogens is 172 g/mol. The SMILES string of the molecule is Clc1cncc(-c2ccc[nH]2)c1. The third kappa shape index (κ3) is 1.34. The largest absolute Gasteiger partial charge is 0.361 e. The van der Waals surface area contributed by atoms with Crippen LogP contribution in [0.5, 0.6) is 0 Å². The van der Waals surface area contributed by atoms with Crippen LogP contribution in [0.15, 0.2) is 36.8 Å². The Morgan fingerprint density at radius 3 is 2.92 bits per heavy atom. The van der Waals surface area contributed by atoms with Gasteiger partial charge in [0.05, 0.1) is 5.02 Å². The second kappa shape index (κ2) is 2.99. The van der Waals surface area contributed by atoms with Crippen molar-refractivity contribution in [2.24, 2.45) is 0 Å². The van der Waals surface area contributed by atoms with Gasteiger partial charge in [0.2, 0.25) is 0 Å². The fourth-order valence-electron chi connectivity index (χ4n) is 1.07. The van der Waals surface area contributed by atoms with E-state index >= 15 is 0 Å². The average Bonchev–Trinajstić information content (AvgIpc) is 2.56. The third-order valence-corrected chi connectivity index (χ3v) is 1.82. The van der Waals surface area contributed by atoms with Crippen LogP contribution >= 0.6 is 11.6 Å². The van der Waals surface area contributed by atoms with Crippen molar-refractivity contribution in [1.82, 2.24) is 9.97 Å². The molecule has 0 radical (unpaired) electrons. The van der Waals surface area contributed by atoms with Gasteiger partial charge in [0.25, 0.3) is 0 Å². The molecule has 0 bridgehead atoms. The van der Waals surface area contributed by atoms with Gasteiger partial charge < -0.3 is 4.98 Å². The summed E-state index contributed by atoms with van der Waals surface area (Å²) in [4.78, 5) is 7.07. The predicted octanol–water partition coefficient (Wildman–Crippen LogP) is 2.73. The van der Waals surface area contributed by atoms with Crippen LogP contribution in [0.1, 0.15) is 0 Å². The van der Waals surface area contributed by atoms with Crippen molar-refractivity contribution in [3.8, 4) is 11.3 Å². The summed E-state index contributed by atoms with van der Waals surface area (Å²) >= 11 is 5.79. The van der Waals surface area contributed by atoms with E-state index in [1.165, 1.54) is 0 Å². The Morgan fingerprint density at radius 2 is 2.25 bits per heavy atom. The Kier molecular flexibility index (Phi) is 1.84. The van der Waals surface area contributed by atoms with Gasteiger partial charge in [-0.1, -0.05) is 11.6 Å². The lowest BCUT2D eigenvalue weighted by Crippen LogP contribution is -1.78. The first-order valence-electron chi connectivity index (χ1n) is 3.60. The zero-order valence-electron chi connectivity index (χ0n) is 6.29. The maximum Gasteiger partial charge on any atom is 0.0596 e. The predicted molar refractivity (Wildman–Crippen MR) is 49.0 cm³/mol. The Bertz CT molecular complexity index is 368. The topological polar surface area (TPSA) is 28.7 Å². The zero-order valence-corrected chi connectivity index (χ0v) is 7.05. The van der Waals surface area contributed by atoms with E-state index in [0.29, 0.717) is 5.02 Å². The Balaban J connectivity index is 2.48. The molecule has 2 heterocycles. The van der Waals surface area contributed by atoms with E-state index in [9.17, 15) is 0 Å². The molecule has 0 aliphatic heterocycles. The molecule has 0 aliphatic carbocycles. The van der Waals surface area contributed by atoms with Crippen LogP contribution in [-0.4, -0.2) is 9.97 Å². The fraction of sp³-hybridized carbons (Fsp3) is 0. The van der Waals surface area contributed by atoms with Crippen LogP contribution in [0.4, 0.5) is 0 Å². The number of halogens is 1. The van der Waals surface area contributed by atoms with Crippen molar-refractivity contribution in [2.75, 3.05) is 0 Å². The van der Waals surface area contributed by atoms with Gasteiger partial charge in [0.15, 0.2) is 0 Å². The smallest absolute Gasteiger partial charge is 0.0596 e. The molecule has 0 aromatic carbocycles. The van der Waals surface area contributed by atoms with Gasteiger partial charge in [-0.25, -0.2) is 0 Å². The van der Waals surface area contributed by atoms with Crippen LogP contribution in [0.3, 0.4) is 0 Å². The summed E-state index contributed by atoms with van der Waals surface area (Å²) in [6.45, 7) is 0. The minimum Gasteiger partial charge on any atom is -0.361 e. The van der Waals surface area contributed by atoms with Crippen molar-refractivity contribution >= 4 is 11.6 Å². The molecule has 0 amide bonds. The first kappa shape index (κ1) is 7.37. The van der Waals surface area contributed by atoms with E-state index in [4.69, 9.17) is 11.6 Å². The summed E-state index contributed by atoms with van der Waals surface area (Å²) in [5.74, 6) is 0. The molecule has 0 saturated carbocycles. The van der Waals surface area contributed by atoms with Crippen LogP contribution in [0.25, 0.3) is 11.3 Å². The van der Waals surface area contributed by atoms with Crippen LogP contribution < -0.4 is 0 Å². The lowest BCUT2D eigenvalue weighted by Gasteiger charge is -1.96. The average molecular weight is 179 g/mol. The molecule has 2 rings (SSSR count). The van der Waals surface area contributed by atoms with E-state index in [0.717, 1.165) is 11.3 Å². The maximum atomic E-state index is 5.79. The van der Waals surface area contributed by atoms with E-state index in [1.807, 2.05) is 24.4 Å². The third-order valence-electron chi connectivity index (χ3n) is 1.61. The second-order valence-electron chi connectivity index (χ2n) is 2.48. The molecule has 2 nitrogen and oxygen atoms in total. The second-order valence-corrected chi connectivity index (χ2v) is 2.91. The molecule has 2 aromatic rings.